The predicted octanol–water partition coefficient (Wildman–Crippen LogP) is 3.35. The summed E-state index contributed by atoms with van der Waals surface area (Å²) in [6.07, 6.45) is 5.48. The summed E-state index contributed by atoms with van der Waals surface area (Å²) in [7, 11) is 0. The minimum atomic E-state index is -0.927. The van der Waals surface area contributed by atoms with Crippen LogP contribution >= 0.6 is 22.9 Å². The Morgan fingerprint density at radius 1 is 1.19 bits per heavy atom. The van der Waals surface area contributed by atoms with E-state index in [0.717, 1.165) is 29.7 Å². The molecule has 0 aliphatic heterocycles. The van der Waals surface area contributed by atoms with Crippen molar-refractivity contribution in [3.8, 4) is 0 Å². The molecule has 6 nitrogen and oxygen atoms in total. The maximum atomic E-state index is 12.3. The van der Waals surface area contributed by atoms with Crippen LogP contribution in [0.4, 0.5) is 9.80 Å². The molecule has 0 atom stereocenters. The van der Waals surface area contributed by atoms with Crippen LogP contribution in [-0.2, 0) is 17.6 Å². The second kappa shape index (κ2) is 7.72. The highest BCUT2D eigenvalue weighted by molar-refractivity contribution is 7.17. The number of anilines is 1. The number of primary amides is 1. The van der Waals surface area contributed by atoms with Crippen LogP contribution in [0, 0.1) is 0 Å². The molecule has 0 unspecified atom stereocenters. The molecule has 0 saturated carbocycles. The summed E-state index contributed by atoms with van der Waals surface area (Å²) < 4.78 is 0. The summed E-state index contributed by atoms with van der Waals surface area (Å²) >= 11 is 7.41. The summed E-state index contributed by atoms with van der Waals surface area (Å²) in [4.78, 5) is 36.6. The maximum absolute atomic E-state index is 12.3. The lowest BCUT2D eigenvalue weighted by atomic mass is 10.1. The topological polar surface area (TPSA) is 101 Å². The standard InChI is InChI=1S/C18H16ClN3O3S/c19-12-6-2-1-4-10(12)8-9-14(23)21-17-15(16(24)22-18(20)25)11-5-3-7-13(11)26-17/h1-2,4,6,8-9H,3,5,7H2,(H,21,23)(H3,20,22,24,25)/b9-8+. The fraction of sp³-hybridized carbons (Fsp3) is 0.167. The van der Waals surface area contributed by atoms with Gasteiger partial charge in [0.05, 0.1) is 5.56 Å². The molecule has 4 N–H and O–H groups in total. The molecule has 134 valence electrons. The van der Waals surface area contributed by atoms with Crippen molar-refractivity contribution in [3.05, 3.63) is 56.9 Å². The third-order valence-corrected chi connectivity index (χ3v) is 5.49. The Kier molecular flexibility index (Phi) is 5.39. The molecule has 0 fully saturated rings. The van der Waals surface area contributed by atoms with Gasteiger partial charge in [0, 0.05) is 16.0 Å². The van der Waals surface area contributed by atoms with Crippen LogP contribution in [0.1, 0.15) is 32.8 Å². The normalized spacial score (nSPS) is 12.8. The Balaban J connectivity index is 1.81. The number of carbonyl (C=O) groups excluding carboxylic acids is 3. The molecular weight excluding hydrogens is 374 g/mol. The van der Waals surface area contributed by atoms with Crippen LogP contribution < -0.4 is 16.4 Å². The minimum Gasteiger partial charge on any atom is -0.351 e. The Bertz CT molecular complexity index is 920. The van der Waals surface area contributed by atoms with Gasteiger partial charge in [0.25, 0.3) is 5.91 Å². The number of hydrogen-bond donors (Lipinski definition) is 3. The Morgan fingerprint density at radius 3 is 2.69 bits per heavy atom. The summed E-state index contributed by atoms with van der Waals surface area (Å²) in [5.74, 6) is -0.986. The molecule has 3 rings (SSSR count). The van der Waals surface area contributed by atoms with Crippen molar-refractivity contribution in [2.75, 3.05) is 5.32 Å². The van der Waals surface area contributed by atoms with Gasteiger partial charge in [-0.2, -0.15) is 0 Å². The van der Waals surface area contributed by atoms with Crippen molar-refractivity contribution in [1.29, 1.82) is 0 Å². The Morgan fingerprint density at radius 2 is 1.96 bits per heavy atom. The molecule has 4 amide bonds. The largest absolute Gasteiger partial charge is 0.351 e. The first-order valence-corrected chi connectivity index (χ1v) is 9.14. The Labute approximate surface area is 159 Å². The molecule has 1 heterocycles. The van der Waals surface area contributed by atoms with E-state index in [4.69, 9.17) is 17.3 Å². The van der Waals surface area contributed by atoms with Gasteiger partial charge >= 0.3 is 6.03 Å². The van der Waals surface area contributed by atoms with E-state index in [1.807, 2.05) is 6.07 Å². The number of fused-ring (bicyclic) bond motifs is 1. The van der Waals surface area contributed by atoms with Crippen LogP contribution in [-0.4, -0.2) is 17.8 Å². The monoisotopic (exact) mass is 389 g/mol. The molecule has 2 aromatic rings. The van der Waals surface area contributed by atoms with Crippen molar-refractivity contribution < 1.29 is 14.4 Å². The zero-order valence-corrected chi connectivity index (χ0v) is 15.2. The van der Waals surface area contributed by atoms with Gasteiger partial charge in [-0.3, -0.25) is 14.9 Å². The van der Waals surface area contributed by atoms with E-state index in [1.54, 1.807) is 24.3 Å². The number of imide groups is 1. The van der Waals surface area contributed by atoms with Gasteiger partial charge < -0.3 is 11.1 Å². The van der Waals surface area contributed by atoms with Crippen molar-refractivity contribution in [2.45, 2.75) is 19.3 Å². The Hall–Kier alpha value is -2.64. The second-order valence-corrected chi connectivity index (χ2v) is 7.24. The molecule has 26 heavy (non-hydrogen) atoms. The highest BCUT2D eigenvalue weighted by Crippen LogP contribution is 2.39. The zero-order chi connectivity index (χ0) is 18.7. The summed E-state index contributed by atoms with van der Waals surface area (Å²) in [5.41, 5.74) is 6.95. The van der Waals surface area contributed by atoms with Gasteiger partial charge in [-0.1, -0.05) is 29.8 Å². The van der Waals surface area contributed by atoms with Gasteiger partial charge in [0.15, 0.2) is 0 Å². The number of nitrogens with one attached hydrogen (secondary N) is 2. The van der Waals surface area contributed by atoms with Gasteiger partial charge in [-0.15, -0.1) is 11.3 Å². The quantitative estimate of drug-likeness (QED) is 0.699. The smallest absolute Gasteiger partial charge is 0.319 e. The molecule has 1 aliphatic carbocycles. The third kappa shape index (κ3) is 3.95. The van der Waals surface area contributed by atoms with Crippen molar-refractivity contribution in [1.82, 2.24) is 5.32 Å². The van der Waals surface area contributed by atoms with E-state index in [1.165, 1.54) is 17.4 Å². The number of carbonyl (C=O) groups is 3. The van der Waals surface area contributed by atoms with Crippen molar-refractivity contribution in [2.24, 2.45) is 5.73 Å². The number of rotatable bonds is 4. The zero-order valence-electron chi connectivity index (χ0n) is 13.7. The van der Waals surface area contributed by atoms with Gasteiger partial charge in [-0.25, -0.2) is 4.79 Å². The first kappa shape index (κ1) is 18.2. The second-order valence-electron chi connectivity index (χ2n) is 5.72. The summed E-state index contributed by atoms with van der Waals surface area (Å²) in [5, 5.41) is 5.75. The number of thiophene rings is 1. The number of urea groups is 1. The molecule has 1 aliphatic rings. The van der Waals surface area contributed by atoms with Gasteiger partial charge in [-0.05, 0) is 42.5 Å². The maximum Gasteiger partial charge on any atom is 0.319 e. The molecule has 1 aromatic heterocycles. The van der Waals surface area contributed by atoms with Crippen molar-refractivity contribution in [3.63, 3.8) is 0 Å². The number of hydrogen-bond acceptors (Lipinski definition) is 4. The lowest BCUT2D eigenvalue weighted by Gasteiger charge is -2.06. The van der Waals surface area contributed by atoms with Crippen LogP contribution in [0.2, 0.25) is 5.02 Å². The first-order chi connectivity index (χ1) is 12.5. The average Bonchev–Trinajstić information content (AvgIpc) is 3.13. The number of aryl methyl sites for hydroxylation is 1. The van der Waals surface area contributed by atoms with E-state index in [2.05, 4.69) is 10.6 Å². The molecule has 0 radical (unpaired) electrons. The van der Waals surface area contributed by atoms with Crippen LogP contribution in [0.25, 0.3) is 6.08 Å². The highest BCUT2D eigenvalue weighted by Gasteiger charge is 2.27. The summed E-state index contributed by atoms with van der Waals surface area (Å²) in [6.45, 7) is 0. The van der Waals surface area contributed by atoms with E-state index in [0.29, 0.717) is 21.2 Å². The lowest BCUT2D eigenvalue weighted by molar-refractivity contribution is -0.111. The van der Waals surface area contributed by atoms with Crippen LogP contribution in [0.5, 0.6) is 0 Å². The van der Waals surface area contributed by atoms with Gasteiger partial charge in [0.1, 0.15) is 5.00 Å². The number of nitrogens with two attached hydrogens (primary N) is 1. The molecule has 0 saturated heterocycles. The van der Waals surface area contributed by atoms with Crippen LogP contribution in [0.15, 0.2) is 30.3 Å². The SMILES string of the molecule is NC(=O)NC(=O)c1c(NC(=O)/C=C/c2ccccc2Cl)sc2c1CCC2. The summed E-state index contributed by atoms with van der Waals surface area (Å²) in [6, 6.07) is 6.21. The van der Waals surface area contributed by atoms with E-state index in [9.17, 15) is 14.4 Å². The van der Waals surface area contributed by atoms with Gasteiger partial charge in [0.2, 0.25) is 5.91 Å². The van der Waals surface area contributed by atoms with E-state index < -0.39 is 17.8 Å². The first-order valence-electron chi connectivity index (χ1n) is 7.94. The molecule has 8 heteroatoms. The van der Waals surface area contributed by atoms with Crippen LogP contribution in [0.3, 0.4) is 0 Å². The van der Waals surface area contributed by atoms with E-state index in [-0.39, 0.29) is 0 Å². The molecule has 1 aromatic carbocycles. The highest BCUT2D eigenvalue weighted by atomic mass is 35.5. The fourth-order valence-corrected chi connectivity index (χ4v) is 4.32. The fourth-order valence-electron chi connectivity index (χ4n) is 2.84. The number of benzene rings is 1. The molecular formula is C18H16ClN3O3S. The van der Waals surface area contributed by atoms with E-state index >= 15 is 0 Å². The minimum absolute atomic E-state index is 0.320. The average molecular weight is 390 g/mol. The van der Waals surface area contributed by atoms with Crippen molar-refractivity contribution >= 4 is 51.9 Å². The molecule has 0 spiro atoms. The molecule has 0 bridgehead atoms. The third-order valence-electron chi connectivity index (χ3n) is 3.94. The predicted molar refractivity (Wildman–Crippen MR) is 103 cm³/mol. The number of amides is 4. The number of halogens is 1. The lowest BCUT2D eigenvalue weighted by Crippen LogP contribution is -2.35.